The van der Waals surface area contributed by atoms with E-state index in [0.29, 0.717) is 47.7 Å². The van der Waals surface area contributed by atoms with Gasteiger partial charge in [0.25, 0.3) is 5.91 Å². The van der Waals surface area contributed by atoms with Gasteiger partial charge in [-0.3, -0.25) is 19.1 Å². The van der Waals surface area contributed by atoms with Gasteiger partial charge in [0.05, 0.1) is 17.3 Å². The number of carbonyl (C=O) groups is 4. The SMILES string of the molecule is Cc1cccc2c1oc1c(O[C@H]3C[C@H]4C(=O)N[C@]5(C(=O)NS(=O)(=O)C6CC6)C[C@H]5/C=C\CCCCC[C@@H](NC(=O)OC(C)(C)C)C(=O)N4C3)c3cc(F)ccc3nc12. The van der Waals surface area contributed by atoms with Crippen LogP contribution in [0.3, 0.4) is 0 Å². The van der Waals surface area contributed by atoms with Crippen LogP contribution in [0.4, 0.5) is 9.18 Å². The number of pyridine rings is 1. The molecule has 4 amide bonds. The van der Waals surface area contributed by atoms with E-state index in [9.17, 15) is 32.0 Å². The van der Waals surface area contributed by atoms with Crippen molar-refractivity contribution in [3.8, 4) is 5.75 Å². The summed E-state index contributed by atoms with van der Waals surface area (Å²) in [6.45, 7) is 6.91. The summed E-state index contributed by atoms with van der Waals surface area (Å²) in [6.07, 6.45) is 6.12. The fraction of sp³-hybridized carbons (Fsp3) is 0.500. The number of para-hydroxylation sites is 1. The number of furan rings is 1. The summed E-state index contributed by atoms with van der Waals surface area (Å²) < 4.78 is 61.5. The van der Waals surface area contributed by atoms with Crippen LogP contribution in [0.15, 0.2) is 53.0 Å². The number of halogens is 1. The predicted octanol–water partition coefficient (Wildman–Crippen LogP) is 5.83. The molecule has 4 aromatic rings. The molecular weight excluding hydrogens is 770 g/mol. The lowest BCUT2D eigenvalue weighted by Gasteiger charge is -2.30. The van der Waals surface area contributed by atoms with E-state index in [2.05, 4.69) is 15.4 Å². The Hall–Kier alpha value is -5.25. The third-order valence-corrected chi connectivity index (χ3v) is 13.2. The number of fused-ring (bicyclic) bond motifs is 6. The average Bonchev–Trinajstić information content (AvgIpc) is 4.05. The molecule has 2 aliphatic carbocycles. The van der Waals surface area contributed by atoms with Crippen molar-refractivity contribution in [2.45, 2.75) is 120 Å². The molecule has 2 aliphatic heterocycles. The second kappa shape index (κ2) is 14.8. The summed E-state index contributed by atoms with van der Waals surface area (Å²) in [7, 11) is -3.94. The van der Waals surface area contributed by atoms with Crippen LogP contribution in [0.2, 0.25) is 0 Å². The van der Waals surface area contributed by atoms with Crippen LogP contribution in [0.1, 0.15) is 84.1 Å². The van der Waals surface area contributed by atoms with Crippen molar-refractivity contribution in [2.24, 2.45) is 5.92 Å². The highest BCUT2D eigenvalue weighted by Crippen LogP contribution is 2.46. The summed E-state index contributed by atoms with van der Waals surface area (Å²) in [5.41, 5.74) is 0.239. The molecule has 2 aromatic heterocycles. The third kappa shape index (κ3) is 7.82. The first-order valence-corrected chi connectivity index (χ1v) is 21.5. The molecule has 16 heteroatoms. The zero-order chi connectivity index (χ0) is 41.1. The number of allylic oxidation sites excluding steroid dienone is 1. The van der Waals surface area contributed by atoms with Gasteiger partial charge in [-0.25, -0.2) is 22.6 Å². The van der Waals surface area contributed by atoms with E-state index in [0.717, 1.165) is 23.8 Å². The molecule has 3 fully saturated rings. The molecule has 308 valence electrons. The van der Waals surface area contributed by atoms with Crippen LogP contribution in [-0.2, 0) is 29.1 Å². The zero-order valence-corrected chi connectivity index (χ0v) is 33.7. The lowest BCUT2D eigenvalue weighted by molar-refractivity contribution is -0.141. The number of hydrogen-bond donors (Lipinski definition) is 3. The number of nitrogens with one attached hydrogen (secondary N) is 3. The monoisotopic (exact) mass is 817 g/mol. The largest absolute Gasteiger partial charge is 0.484 e. The smallest absolute Gasteiger partial charge is 0.408 e. The standard InChI is InChI=1S/C42H48FN5O9S/c1-23-11-10-13-28-33-36(56-34(23)28)35(29-19-25(43)15-18-30(29)44-33)55-26-20-32-37(49)46-42(39(51)47-58(53,54)27-16-17-27)21-24(42)12-8-6-5-7-9-14-31(38(50)48(32)22-26)45-40(52)57-41(2,3)4/h8,10-13,15,18-19,24,26-27,31-32H,5-7,9,14,16-17,20-22H2,1-4H3,(H,45,52)(H,46,49)(H,47,51)/b12-8-/t24-,26+,31-,32+,42-/m1/s1. The minimum atomic E-state index is -3.94. The molecule has 58 heavy (non-hydrogen) atoms. The number of ether oxygens (including phenoxy) is 2. The second-order valence-corrected chi connectivity index (χ2v) is 19.0. The number of aromatic nitrogens is 1. The first-order chi connectivity index (χ1) is 27.5. The average molecular weight is 818 g/mol. The van der Waals surface area contributed by atoms with Gasteiger partial charge in [0.15, 0.2) is 11.3 Å². The van der Waals surface area contributed by atoms with Gasteiger partial charge in [-0.2, -0.15) is 0 Å². The fourth-order valence-corrected chi connectivity index (χ4v) is 9.49. The number of amides is 4. The van der Waals surface area contributed by atoms with E-state index >= 15 is 0 Å². The lowest BCUT2D eigenvalue weighted by atomic mass is 10.0. The van der Waals surface area contributed by atoms with E-state index in [-0.39, 0.29) is 37.1 Å². The number of benzene rings is 2. The Morgan fingerprint density at radius 3 is 2.60 bits per heavy atom. The van der Waals surface area contributed by atoms with Crippen LogP contribution >= 0.6 is 0 Å². The van der Waals surface area contributed by atoms with Crippen molar-refractivity contribution in [3.05, 3.63) is 59.9 Å². The molecule has 14 nitrogen and oxygen atoms in total. The zero-order valence-electron chi connectivity index (χ0n) is 32.9. The molecular formula is C42H48FN5O9S. The Labute approximate surface area is 335 Å². The van der Waals surface area contributed by atoms with Crippen molar-refractivity contribution in [1.29, 1.82) is 0 Å². The third-order valence-electron chi connectivity index (χ3n) is 11.3. The molecule has 5 atom stereocenters. The molecule has 8 rings (SSSR count). The van der Waals surface area contributed by atoms with Crippen molar-refractivity contribution in [2.75, 3.05) is 6.54 Å². The number of hydrogen-bond acceptors (Lipinski definition) is 10. The Kier molecular flexibility index (Phi) is 10.1. The highest BCUT2D eigenvalue weighted by molar-refractivity contribution is 7.91. The van der Waals surface area contributed by atoms with E-state index in [1.165, 1.54) is 17.0 Å². The Morgan fingerprint density at radius 2 is 1.84 bits per heavy atom. The summed E-state index contributed by atoms with van der Waals surface area (Å²) in [6, 6.07) is 7.51. The van der Waals surface area contributed by atoms with Gasteiger partial charge in [-0.05, 0) is 96.0 Å². The normalized spacial score (nSPS) is 26.3. The Morgan fingerprint density at radius 1 is 1.05 bits per heavy atom. The topological polar surface area (TPSA) is 186 Å². The maximum atomic E-state index is 14.9. The maximum absolute atomic E-state index is 14.9. The van der Waals surface area contributed by atoms with E-state index in [1.807, 2.05) is 37.3 Å². The second-order valence-electron chi connectivity index (χ2n) is 17.0. The Bertz CT molecular complexity index is 2480. The van der Waals surface area contributed by atoms with Gasteiger partial charge in [-0.1, -0.05) is 37.1 Å². The molecule has 4 aliphatic rings. The van der Waals surface area contributed by atoms with E-state index in [4.69, 9.17) is 18.9 Å². The molecule has 2 aromatic carbocycles. The first kappa shape index (κ1) is 39.6. The molecule has 0 radical (unpaired) electrons. The van der Waals surface area contributed by atoms with Gasteiger partial charge in [0.1, 0.15) is 46.2 Å². The number of aryl methyl sites for hydroxylation is 1. The highest BCUT2D eigenvalue weighted by Gasteiger charge is 2.62. The van der Waals surface area contributed by atoms with Crippen molar-refractivity contribution in [3.63, 3.8) is 0 Å². The molecule has 0 bridgehead atoms. The number of alkyl carbamates (subject to hydrolysis) is 1. The van der Waals surface area contributed by atoms with Gasteiger partial charge < -0.3 is 29.4 Å². The van der Waals surface area contributed by atoms with Crippen LogP contribution in [0.25, 0.3) is 33.0 Å². The maximum Gasteiger partial charge on any atom is 0.408 e. The van der Waals surface area contributed by atoms with Gasteiger partial charge in [0, 0.05) is 23.1 Å². The Balaban J connectivity index is 1.17. The molecule has 4 heterocycles. The summed E-state index contributed by atoms with van der Waals surface area (Å²) in [5, 5.41) is 6.00. The number of sulfonamides is 1. The van der Waals surface area contributed by atoms with Crippen LogP contribution in [0.5, 0.6) is 5.75 Å². The summed E-state index contributed by atoms with van der Waals surface area (Å²) in [4.78, 5) is 62.3. The van der Waals surface area contributed by atoms with E-state index < -0.39 is 80.2 Å². The van der Waals surface area contributed by atoms with Crippen LogP contribution in [0, 0.1) is 18.7 Å². The summed E-state index contributed by atoms with van der Waals surface area (Å²) >= 11 is 0. The van der Waals surface area contributed by atoms with Gasteiger partial charge in [-0.15, -0.1) is 0 Å². The number of rotatable bonds is 6. The minimum Gasteiger partial charge on any atom is -0.484 e. The quantitative estimate of drug-likeness (QED) is 0.200. The number of carbonyl (C=O) groups excluding carboxylic acids is 4. The molecule has 2 saturated carbocycles. The van der Waals surface area contributed by atoms with E-state index in [1.54, 1.807) is 26.8 Å². The predicted molar refractivity (Wildman–Crippen MR) is 213 cm³/mol. The van der Waals surface area contributed by atoms with Crippen molar-refractivity contribution < 1.29 is 45.9 Å². The molecule has 1 saturated heterocycles. The van der Waals surface area contributed by atoms with Gasteiger partial charge >= 0.3 is 6.09 Å². The van der Waals surface area contributed by atoms with Crippen molar-refractivity contribution in [1.82, 2.24) is 25.2 Å². The summed E-state index contributed by atoms with van der Waals surface area (Å²) in [5.74, 6) is -2.88. The minimum absolute atomic E-state index is 0.0603. The molecule has 0 unspecified atom stereocenters. The fourth-order valence-electron chi connectivity index (χ4n) is 8.12. The van der Waals surface area contributed by atoms with Gasteiger partial charge in [0.2, 0.25) is 21.8 Å². The number of nitrogens with zero attached hydrogens (tertiary/aromatic N) is 2. The van der Waals surface area contributed by atoms with Crippen molar-refractivity contribution >= 4 is 66.8 Å². The molecule has 0 spiro atoms. The highest BCUT2D eigenvalue weighted by atomic mass is 32.2. The first-order valence-electron chi connectivity index (χ1n) is 20.0. The molecule has 3 N–H and O–H groups in total. The lowest BCUT2D eigenvalue weighted by Crippen LogP contribution is -2.58. The van der Waals surface area contributed by atoms with Crippen LogP contribution < -0.4 is 20.1 Å². The van der Waals surface area contributed by atoms with Crippen LogP contribution in [-0.4, -0.2) is 83.2 Å².